The molecule has 0 aliphatic rings. The second-order valence-electron chi connectivity index (χ2n) is 5.39. The molecule has 0 amide bonds. The normalized spacial score (nSPS) is 10.8. The number of carbonyl (C=O) groups excluding carboxylic acids is 1. The van der Waals surface area contributed by atoms with Gasteiger partial charge in [-0.1, -0.05) is 0 Å². The molecule has 0 atom stereocenters. The Morgan fingerprint density at radius 2 is 2.19 bits per heavy atom. The van der Waals surface area contributed by atoms with Crippen LogP contribution in [0.3, 0.4) is 0 Å². The minimum atomic E-state index is -0.636. The number of methoxy groups -OCH3 is 2. The molecule has 0 saturated heterocycles. The van der Waals surface area contributed by atoms with E-state index in [0.717, 1.165) is 0 Å². The maximum atomic E-state index is 12.5. The van der Waals surface area contributed by atoms with Gasteiger partial charge < -0.3 is 14.0 Å². The summed E-state index contributed by atoms with van der Waals surface area (Å²) in [7, 11) is 2.82. The lowest BCUT2D eigenvalue weighted by molar-refractivity contribution is 0.0603. The van der Waals surface area contributed by atoms with Gasteiger partial charge in [-0.05, 0) is 30.4 Å². The molecule has 3 aromatic rings. The van der Waals surface area contributed by atoms with Crippen molar-refractivity contribution in [2.45, 2.75) is 6.54 Å². The highest BCUT2D eigenvalue weighted by atomic mass is 32.1. The Balaban J connectivity index is 2.41. The molecule has 0 radical (unpaired) electrons. The standard InChI is InChI=1S/C17H16N4O4S/c1-24-7-6-21-14-13(15(22)20-17(21)26)11(16(23)25-2)8-12(19-14)10-4-3-5-18-9-10/h3-5,8-9H,6-7H2,1-2H3,(H,20,22,26). The van der Waals surface area contributed by atoms with E-state index in [1.54, 1.807) is 30.1 Å². The SMILES string of the molecule is COCCn1c(=S)[nH]c(=O)c2c(C(=O)OC)cc(-c3cccnc3)nc21. The minimum Gasteiger partial charge on any atom is -0.465 e. The number of aromatic amines is 1. The maximum Gasteiger partial charge on any atom is 0.338 e. The number of rotatable bonds is 5. The van der Waals surface area contributed by atoms with E-state index in [1.165, 1.54) is 13.2 Å². The van der Waals surface area contributed by atoms with Crippen molar-refractivity contribution < 1.29 is 14.3 Å². The smallest absolute Gasteiger partial charge is 0.338 e. The molecule has 0 aliphatic carbocycles. The van der Waals surface area contributed by atoms with Crippen LogP contribution in [0.2, 0.25) is 0 Å². The molecule has 3 rings (SSSR count). The highest BCUT2D eigenvalue weighted by molar-refractivity contribution is 7.71. The summed E-state index contributed by atoms with van der Waals surface area (Å²) in [5.74, 6) is -0.636. The molecule has 1 N–H and O–H groups in total. The lowest BCUT2D eigenvalue weighted by atomic mass is 10.1. The Morgan fingerprint density at radius 3 is 2.85 bits per heavy atom. The van der Waals surface area contributed by atoms with Crippen molar-refractivity contribution in [3.05, 3.63) is 51.3 Å². The number of aromatic nitrogens is 4. The predicted octanol–water partition coefficient (Wildman–Crippen LogP) is 1.95. The molecule has 0 spiro atoms. The zero-order valence-corrected chi connectivity index (χ0v) is 15.0. The summed E-state index contributed by atoms with van der Waals surface area (Å²) in [5, 5.41) is 0.120. The van der Waals surface area contributed by atoms with Crippen LogP contribution in [-0.4, -0.2) is 46.3 Å². The van der Waals surface area contributed by atoms with E-state index in [2.05, 4.69) is 15.0 Å². The fraction of sp³-hybridized carbons (Fsp3) is 0.235. The van der Waals surface area contributed by atoms with Crippen molar-refractivity contribution in [3.8, 4) is 11.3 Å². The van der Waals surface area contributed by atoms with Crippen LogP contribution >= 0.6 is 12.2 Å². The first-order valence-corrected chi connectivity index (χ1v) is 8.13. The molecule has 0 bridgehead atoms. The van der Waals surface area contributed by atoms with Gasteiger partial charge in [0.2, 0.25) is 0 Å². The summed E-state index contributed by atoms with van der Waals surface area (Å²) >= 11 is 5.26. The number of nitrogens with zero attached hydrogens (tertiary/aromatic N) is 3. The van der Waals surface area contributed by atoms with Gasteiger partial charge in [0, 0.05) is 25.1 Å². The monoisotopic (exact) mass is 372 g/mol. The fourth-order valence-electron chi connectivity index (χ4n) is 2.60. The minimum absolute atomic E-state index is 0.110. The summed E-state index contributed by atoms with van der Waals surface area (Å²) in [4.78, 5) is 36.0. The van der Waals surface area contributed by atoms with Gasteiger partial charge in [-0.3, -0.25) is 14.8 Å². The number of fused-ring (bicyclic) bond motifs is 1. The maximum absolute atomic E-state index is 12.5. The molecule has 0 saturated carbocycles. The topological polar surface area (TPSA) is 99.1 Å². The number of hydrogen-bond donors (Lipinski definition) is 1. The third kappa shape index (κ3) is 3.26. The first kappa shape index (κ1) is 17.9. The van der Waals surface area contributed by atoms with E-state index in [1.807, 2.05) is 6.07 Å². The Bertz CT molecular complexity index is 1080. The van der Waals surface area contributed by atoms with Gasteiger partial charge in [0.1, 0.15) is 5.65 Å². The van der Waals surface area contributed by atoms with E-state index in [4.69, 9.17) is 21.7 Å². The molecular weight excluding hydrogens is 356 g/mol. The Morgan fingerprint density at radius 1 is 1.38 bits per heavy atom. The van der Waals surface area contributed by atoms with E-state index in [0.29, 0.717) is 24.4 Å². The van der Waals surface area contributed by atoms with Gasteiger partial charge in [0.15, 0.2) is 4.77 Å². The van der Waals surface area contributed by atoms with Crippen molar-refractivity contribution in [3.63, 3.8) is 0 Å². The van der Waals surface area contributed by atoms with Crippen LogP contribution in [0.1, 0.15) is 10.4 Å². The molecular formula is C17H16N4O4S. The largest absolute Gasteiger partial charge is 0.465 e. The molecule has 134 valence electrons. The van der Waals surface area contributed by atoms with E-state index in [9.17, 15) is 9.59 Å². The predicted molar refractivity (Wildman–Crippen MR) is 97.6 cm³/mol. The van der Waals surface area contributed by atoms with E-state index in [-0.39, 0.29) is 21.4 Å². The van der Waals surface area contributed by atoms with Gasteiger partial charge in [-0.2, -0.15) is 0 Å². The molecule has 0 fully saturated rings. The third-order valence-electron chi connectivity index (χ3n) is 3.83. The Kier molecular flexibility index (Phi) is 5.19. The van der Waals surface area contributed by atoms with Crippen LogP contribution in [0, 0.1) is 4.77 Å². The summed E-state index contributed by atoms with van der Waals surface area (Å²) in [6.45, 7) is 0.731. The third-order valence-corrected chi connectivity index (χ3v) is 4.15. The average molecular weight is 372 g/mol. The van der Waals surface area contributed by atoms with E-state index >= 15 is 0 Å². The molecule has 3 aromatic heterocycles. The Hall–Kier alpha value is -2.91. The van der Waals surface area contributed by atoms with Gasteiger partial charge in [0.05, 0.1) is 36.9 Å². The summed E-state index contributed by atoms with van der Waals surface area (Å²) < 4.78 is 11.8. The molecule has 9 heteroatoms. The molecule has 8 nitrogen and oxygen atoms in total. The first-order chi connectivity index (χ1) is 12.6. The quantitative estimate of drug-likeness (QED) is 0.540. The van der Waals surface area contributed by atoms with Crippen LogP contribution in [-0.2, 0) is 16.0 Å². The lowest BCUT2D eigenvalue weighted by Crippen LogP contribution is -2.20. The lowest BCUT2D eigenvalue weighted by Gasteiger charge is -2.13. The number of pyridine rings is 2. The second-order valence-corrected chi connectivity index (χ2v) is 5.78. The van der Waals surface area contributed by atoms with Crippen LogP contribution in [0.4, 0.5) is 0 Å². The zero-order chi connectivity index (χ0) is 18.7. The highest BCUT2D eigenvalue weighted by Crippen LogP contribution is 2.23. The van der Waals surface area contributed by atoms with Crippen LogP contribution in [0.5, 0.6) is 0 Å². The number of esters is 1. The number of carbonyl (C=O) groups is 1. The van der Waals surface area contributed by atoms with Crippen molar-refractivity contribution in [2.75, 3.05) is 20.8 Å². The van der Waals surface area contributed by atoms with Crippen LogP contribution < -0.4 is 5.56 Å². The molecule has 0 aliphatic heterocycles. The number of hydrogen-bond acceptors (Lipinski definition) is 7. The molecule has 0 unspecified atom stereocenters. The first-order valence-electron chi connectivity index (χ1n) is 7.72. The summed E-state index contributed by atoms with van der Waals surface area (Å²) in [6.07, 6.45) is 3.26. The highest BCUT2D eigenvalue weighted by Gasteiger charge is 2.19. The van der Waals surface area contributed by atoms with Crippen molar-refractivity contribution in [1.82, 2.24) is 19.5 Å². The number of ether oxygens (including phenoxy) is 2. The molecule has 26 heavy (non-hydrogen) atoms. The molecule has 0 aromatic carbocycles. The molecule has 3 heterocycles. The number of H-pyrrole nitrogens is 1. The van der Waals surface area contributed by atoms with Crippen molar-refractivity contribution in [2.24, 2.45) is 0 Å². The van der Waals surface area contributed by atoms with Gasteiger partial charge in [0.25, 0.3) is 5.56 Å². The second kappa shape index (κ2) is 7.54. The summed E-state index contributed by atoms with van der Waals surface area (Å²) in [5.41, 5.74) is 1.09. The fourth-order valence-corrected chi connectivity index (χ4v) is 2.87. The Labute approximate surface area is 153 Å². The zero-order valence-electron chi connectivity index (χ0n) is 14.2. The van der Waals surface area contributed by atoms with Gasteiger partial charge in [-0.15, -0.1) is 0 Å². The van der Waals surface area contributed by atoms with Crippen molar-refractivity contribution >= 4 is 29.2 Å². The van der Waals surface area contributed by atoms with Crippen molar-refractivity contribution in [1.29, 1.82) is 0 Å². The van der Waals surface area contributed by atoms with Gasteiger partial charge >= 0.3 is 5.97 Å². The van der Waals surface area contributed by atoms with Gasteiger partial charge in [-0.25, -0.2) is 9.78 Å². The summed E-state index contributed by atoms with van der Waals surface area (Å²) in [6, 6.07) is 5.09. The van der Waals surface area contributed by atoms with Crippen LogP contribution in [0.25, 0.3) is 22.3 Å². The van der Waals surface area contributed by atoms with Crippen LogP contribution in [0.15, 0.2) is 35.4 Å². The number of nitrogens with one attached hydrogen (secondary N) is 1. The average Bonchev–Trinajstić information content (AvgIpc) is 2.67. The van der Waals surface area contributed by atoms with E-state index < -0.39 is 11.5 Å².